The van der Waals surface area contributed by atoms with Crippen LogP contribution in [0.15, 0.2) is 0 Å². The first-order valence-electron chi connectivity index (χ1n) is 9.82. The third kappa shape index (κ3) is 6.06. The Bertz CT molecular complexity index is 447. The van der Waals surface area contributed by atoms with Gasteiger partial charge in [0.2, 0.25) is 0 Å². The van der Waals surface area contributed by atoms with Crippen LogP contribution in [0.5, 0.6) is 0 Å². The molecule has 0 saturated carbocycles. The number of ether oxygens (including phenoxy) is 2. The van der Waals surface area contributed by atoms with E-state index in [0.717, 1.165) is 38.8 Å². The Morgan fingerprint density at radius 3 is 2.31 bits per heavy atom. The van der Waals surface area contributed by atoms with Gasteiger partial charge in [0.15, 0.2) is 0 Å². The molecule has 2 heterocycles. The van der Waals surface area contributed by atoms with Crippen LogP contribution in [0.2, 0.25) is 0 Å². The van der Waals surface area contributed by atoms with Gasteiger partial charge in [0.05, 0.1) is 24.7 Å². The minimum atomic E-state index is -0.823. The Hall–Kier alpha value is 0.110. The van der Waals surface area contributed by atoms with Gasteiger partial charge in [-0.3, -0.25) is 9.80 Å². The largest absolute Gasteiger partial charge is 0.386 e. The summed E-state index contributed by atoms with van der Waals surface area (Å²) in [4.78, 5) is 3.97. The summed E-state index contributed by atoms with van der Waals surface area (Å²) < 4.78 is 11.1. The highest BCUT2D eigenvalue weighted by atomic mass is 32.1. The maximum Gasteiger partial charge on any atom is 0.101 e. The van der Waals surface area contributed by atoms with E-state index in [9.17, 15) is 10.2 Å². The minimum absolute atomic E-state index is 0.322. The molecule has 7 heteroatoms. The molecule has 2 saturated heterocycles. The molecule has 0 bridgehead atoms. The van der Waals surface area contributed by atoms with Crippen molar-refractivity contribution in [1.29, 1.82) is 0 Å². The molecular weight excluding hydrogens is 352 g/mol. The first-order chi connectivity index (χ1) is 12.1. The molecule has 154 valence electrons. The number of methoxy groups -OCH3 is 1. The van der Waals surface area contributed by atoms with Crippen molar-refractivity contribution in [2.45, 2.75) is 68.6 Å². The summed E-state index contributed by atoms with van der Waals surface area (Å²) in [6, 6.07) is 0.434. The summed E-state index contributed by atoms with van der Waals surface area (Å²) in [6.07, 6.45) is 3.42. The number of aliphatic hydroxyl groups is 2. The van der Waals surface area contributed by atoms with Gasteiger partial charge in [0.1, 0.15) is 11.2 Å². The highest BCUT2D eigenvalue weighted by Crippen LogP contribution is 2.30. The average Bonchev–Trinajstić information content (AvgIpc) is 2.54. The van der Waals surface area contributed by atoms with E-state index in [1.54, 1.807) is 7.11 Å². The Kier molecular flexibility index (Phi) is 7.82. The molecule has 2 N–H and O–H groups in total. The summed E-state index contributed by atoms with van der Waals surface area (Å²) in [5.74, 6) is 0. The van der Waals surface area contributed by atoms with Crippen molar-refractivity contribution in [3.8, 4) is 0 Å². The molecule has 6 nitrogen and oxygen atoms in total. The van der Waals surface area contributed by atoms with E-state index in [0.29, 0.717) is 39.0 Å². The van der Waals surface area contributed by atoms with Crippen LogP contribution in [0.25, 0.3) is 0 Å². The van der Waals surface area contributed by atoms with Crippen LogP contribution in [-0.2, 0) is 9.47 Å². The van der Waals surface area contributed by atoms with Gasteiger partial charge in [-0.1, -0.05) is 0 Å². The van der Waals surface area contributed by atoms with Crippen molar-refractivity contribution in [3.63, 3.8) is 0 Å². The van der Waals surface area contributed by atoms with E-state index in [4.69, 9.17) is 22.1 Å². The lowest BCUT2D eigenvalue weighted by Gasteiger charge is -2.46. The molecule has 0 radical (unpaired) electrons. The molecule has 0 aromatic heterocycles. The summed E-state index contributed by atoms with van der Waals surface area (Å²) >= 11 is 4.81. The van der Waals surface area contributed by atoms with E-state index in [-0.39, 0.29) is 0 Å². The topological polar surface area (TPSA) is 65.4 Å². The smallest absolute Gasteiger partial charge is 0.101 e. The van der Waals surface area contributed by atoms with E-state index in [2.05, 4.69) is 23.6 Å². The molecule has 2 aliphatic rings. The lowest BCUT2D eigenvalue weighted by Crippen LogP contribution is -2.58. The van der Waals surface area contributed by atoms with Crippen molar-refractivity contribution in [1.82, 2.24) is 9.80 Å². The molecule has 26 heavy (non-hydrogen) atoms. The summed E-state index contributed by atoms with van der Waals surface area (Å²) in [5.41, 5.74) is -1.61. The van der Waals surface area contributed by atoms with Gasteiger partial charge < -0.3 is 19.7 Å². The van der Waals surface area contributed by atoms with Crippen LogP contribution < -0.4 is 0 Å². The second kappa shape index (κ2) is 9.07. The zero-order valence-corrected chi connectivity index (χ0v) is 17.8. The van der Waals surface area contributed by atoms with E-state index >= 15 is 0 Å². The quantitative estimate of drug-likeness (QED) is 0.544. The first-order valence-corrected chi connectivity index (χ1v) is 10.3. The fraction of sp³-hybridized carbons (Fsp3) is 1.00. The van der Waals surface area contributed by atoms with Crippen LogP contribution in [0.4, 0.5) is 0 Å². The van der Waals surface area contributed by atoms with Crippen molar-refractivity contribution in [3.05, 3.63) is 0 Å². The molecule has 0 aliphatic carbocycles. The van der Waals surface area contributed by atoms with E-state index in [1.807, 2.05) is 6.92 Å². The van der Waals surface area contributed by atoms with E-state index in [1.165, 1.54) is 0 Å². The minimum Gasteiger partial charge on any atom is -0.386 e. The van der Waals surface area contributed by atoms with Crippen LogP contribution in [0.1, 0.15) is 46.5 Å². The third-order valence-electron chi connectivity index (χ3n) is 5.71. The number of piperidine rings is 2. The van der Waals surface area contributed by atoms with Crippen LogP contribution in [-0.4, -0.2) is 95.2 Å². The molecule has 2 rings (SSSR count). The van der Waals surface area contributed by atoms with Gasteiger partial charge in [-0.15, -0.1) is 0 Å². The van der Waals surface area contributed by atoms with Gasteiger partial charge in [-0.25, -0.2) is 0 Å². The normalized spacial score (nSPS) is 34.2. The van der Waals surface area contributed by atoms with Gasteiger partial charge in [-0.2, -0.15) is 12.6 Å². The Balaban J connectivity index is 1.85. The van der Waals surface area contributed by atoms with Crippen LogP contribution >= 0.6 is 12.6 Å². The monoisotopic (exact) mass is 390 g/mol. The van der Waals surface area contributed by atoms with Gasteiger partial charge in [0, 0.05) is 26.2 Å². The molecule has 0 amide bonds. The molecule has 2 unspecified atom stereocenters. The van der Waals surface area contributed by atoms with E-state index < -0.39 is 16.1 Å². The zero-order chi connectivity index (χ0) is 19.4. The maximum atomic E-state index is 10.9. The molecule has 0 spiro atoms. The highest BCUT2D eigenvalue weighted by Gasteiger charge is 2.40. The predicted octanol–water partition coefficient (Wildman–Crippen LogP) is 1.36. The second-order valence-corrected chi connectivity index (χ2v) is 9.75. The summed E-state index contributed by atoms with van der Waals surface area (Å²) in [7, 11) is 1.62. The average molecular weight is 391 g/mol. The summed E-state index contributed by atoms with van der Waals surface area (Å²) in [6.45, 7) is 10.5. The number of nitrogens with zero attached hydrogens (tertiary/aromatic N) is 2. The van der Waals surface area contributed by atoms with Gasteiger partial charge in [0.25, 0.3) is 0 Å². The van der Waals surface area contributed by atoms with Crippen LogP contribution in [0, 0.1) is 0 Å². The lowest BCUT2D eigenvalue weighted by atomic mass is 9.92. The number of hydrogen-bond donors (Lipinski definition) is 3. The number of β-amino-alcohol motifs (C(OH)–C–C–N with tert-alkyl or cyclic N) is 2. The predicted molar refractivity (Wildman–Crippen MR) is 107 cm³/mol. The van der Waals surface area contributed by atoms with Crippen molar-refractivity contribution < 1.29 is 19.7 Å². The highest BCUT2D eigenvalue weighted by molar-refractivity contribution is 7.81. The Morgan fingerprint density at radius 1 is 1.08 bits per heavy atom. The fourth-order valence-corrected chi connectivity index (χ4v) is 4.40. The fourth-order valence-electron chi connectivity index (χ4n) is 4.14. The number of thiol groups is 1. The van der Waals surface area contributed by atoms with Crippen molar-refractivity contribution in [2.24, 2.45) is 0 Å². The number of likely N-dealkylation sites (tertiary alicyclic amines) is 2. The summed E-state index contributed by atoms with van der Waals surface area (Å²) in [5, 5.41) is 21.6. The molecule has 0 aromatic carbocycles. The zero-order valence-electron chi connectivity index (χ0n) is 16.9. The Morgan fingerprint density at radius 2 is 1.69 bits per heavy atom. The van der Waals surface area contributed by atoms with Crippen molar-refractivity contribution >= 4 is 12.6 Å². The van der Waals surface area contributed by atoms with Crippen molar-refractivity contribution in [2.75, 3.05) is 53.1 Å². The lowest BCUT2D eigenvalue weighted by molar-refractivity contribution is -0.116. The first kappa shape index (κ1) is 22.4. The standard InChI is InChI=1S/C19H38N2O4S/c1-16(2)20-9-5-7-18(22,11-20)15-25-13-17(3,26)21-10-6-8-19(23,12-21)14-24-4/h16,22-23,26H,5-15H2,1-4H3/t17?,18-,19?/m0/s1. The third-order valence-corrected chi connectivity index (χ3v) is 6.12. The molecule has 3 atom stereocenters. The maximum absolute atomic E-state index is 10.9. The van der Waals surface area contributed by atoms with Crippen LogP contribution in [0.3, 0.4) is 0 Å². The molecular formula is C19H38N2O4S. The number of rotatable bonds is 8. The van der Waals surface area contributed by atoms with Gasteiger partial charge in [-0.05, 0) is 59.5 Å². The Labute approximate surface area is 164 Å². The SMILES string of the molecule is COCC1(O)CCCN(C(C)(S)COC[C@]2(O)CCCN(C(C)C)C2)C1. The number of hydrogen-bond acceptors (Lipinski definition) is 7. The molecule has 2 fully saturated rings. The van der Waals surface area contributed by atoms with Gasteiger partial charge >= 0.3 is 0 Å². The second-order valence-electron chi connectivity index (χ2n) is 8.78. The molecule has 2 aliphatic heterocycles. The molecule has 0 aromatic rings.